The number of carbonyl (C=O) groups is 2. The summed E-state index contributed by atoms with van der Waals surface area (Å²) in [6, 6.07) is 4.20. The number of hydrogen-bond donors (Lipinski definition) is 2. The fourth-order valence-electron chi connectivity index (χ4n) is 3.23. The molecule has 118 valence electrons. The number of carbonyl (C=O) groups excluding carboxylic acids is 1. The Morgan fingerprint density at radius 2 is 2.22 bits per heavy atom. The highest BCUT2D eigenvalue weighted by atomic mass is 16.5. The summed E-state index contributed by atoms with van der Waals surface area (Å²) in [5.41, 5.74) is 2.67. The molecule has 3 heterocycles. The van der Waals surface area contributed by atoms with E-state index < -0.39 is 12.0 Å². The SMILES string of the molecule is O=C(O)[C@H]1c2nc[nH]c2CCN1C(=O)c1ccc2c(c1)CCO2. The van der Waals surface area contributed by atoms with Crippen molar-refractivity contribution < 1.29 is 19.4 Å². The van der Waals surface area contributed by atoms with E-state index in [2.05, 4.69) is 9.97 Å². The molecule has 0 bridgehead atoms. The van der Waals surface area contributed by atoms with Crippen LogP contribution in [0.15, 0.2) is 24.5 Å². The number of aliphatic carboxylic acids is 1. The van der Waals surface area contributed by atoms with Gasteiger partial charge in [0, 0.05) is 30.6 Å². The van der Waals surface area contributed by atoms with Crippen LogP contribution in [-0.4, -0.2) is 45.0 Å². The highest BCUT2D eigenvalue weighted by Gasteiger charge is 2.38. The summed E-state index contributed by atoms with van der Waals surface area (Å²) in [4.78, 5) is 32.9. The summed E-state index contributed by atoms with van der Waals surface area (Å²) in [5.74, 6) is -0.568. The van der Waals surface area contributed by atoms with Gasteiger partial charge in [0.25, 0.3) is 5.91 Å². The molecule has 7 heteroatoms. The van der Waals surface area contributed by atoms with Crippen LogP contribution in [0.1, 0.15) is 33.4 Å². The van der Waals surface area contributed by atoms with Crippen LogP contribution in [0.5, 0.6) is 5.75 Å². The van der Waals surface area contributed by atoms with Gasteiger partial charge in [-0.3, -0.25) is 4.79 Å². The molecule has 7 nitrogen and oxygen atoms in total. The fourth-order valence-corrected chi connectivity index (χ4v) is 3.23. The van der Waals surface area contributed by atoms with Crippen molar-refractivity contribution in [3.8, 4) is 5.75 Å². The van der Waals surface area contributed by atoms with E-state index in [1.807, 2.05) is 0 Å². The molecule has 23 heavy (non-hydrogen) atoms. The number of fused-ring (bicyclic) bond motifs is 2. The van der Waals surface area contributed by atoms with Crippen molar-refractivity contribution >= 4 is 11.9 Å². The lowest BCUT2D eigenvalue weighted by atomic mass is 10.0. The Labute approximate surface area is 131 Å². The van der Waals surface area contributed by atoms with Gasteiger partial charge in [0.15, 0.2) is 6.04 Å². The smallest absolute Gasteiger partial charge is 0.332 e. The molecular formula is C16H15N3O4. The molecule has 0 fully saturated rings. The first kappa shape index (κ1) is 13.8. The van der Waals surface area contributed by atoms with Crippen molar-refractivity contribution in [2.75, 3.05) is 13.2 Å². The number of rotatable bonds is 2. The van der Waals surface area contributed by atoms with Gasteiger partial charge in [-0.25, -0.2) is 9.78 Å². The van der Waals surface area contributed by atoms with Gasteiger partial charge in [-0.1, -0.05) is 0 Å². The van der Waals surface area contributed by atoms with Crippen molar-refractivity contribution in [3.63, 3.8) is 0 Å². The molecule has 0 saturated heterocycles. The third-order valence-corrected chi connectivity index (χ3v) is 4.36. The molecule has 4 rings (SSSR count). The minimum absolute atomic E-state index is 0.291. The zero-order valence-electron chi connectivity index (χ0n) is 12.3. The summed E-state index contributed by atoms with van der Waals surface area (Å²) < 4.78 is 5.44. The van der Waals surface area contributed by atoms with Gasteiger partial charge in [-0.15, -0.1) is 0 Å². The molecule has 0 spiro atoms. The van der Waals surface area contributed by atoms with E-state index >= 15 is 0 Å². The number of nitrogens with zero attached hydrogens (tertiary/aromatic N) is 2. The molecule has 2 aromatic rings. The van der Waals surface area contributed by atoms with E-state index in [4.69, 9.17) is 4.74 Å². The second-order valence-electron chi connectivity index (χ2n) is 5.68. The van der Waals surface area contributed by atoms with Gasteiger partial charge in [-0.2, -0.15) is 0 Å². The van der Waals surface area contributed by atoms with E-state index in [1.165, 1.54) is 11.2 Å². The molecule has 1 aromatic heterocycles. The molecule has 2 aliphatic heterocycles. The van der Waals surface area contributed by atoms with Crippen LogP contribution in [0.3, 0.4) is 0 Å². The Morgan fingerprint density at radius 1 is 1.35 bits per heavy atom. The summed E-state index contributed by atoms with van der Waals surface area (Å²) >= 11 is 0. The topological polar surface area (TPSA) is 95.5 Å². The highest BCUT2D eigenvalue weighted by Crippen LogP contribution is 2.31. The average Bonchev–Trinajstić information content (AvgIpc) is 3.20. The Hall–Kier alpha value is -2.83. The van der Waals surface area contributed by atoms with Crippen LogP contribution in [0.4, 0.5) is 0 Å². The van der Waals surface area contributed by atoms with E-state index in [0.717, 1.165) is 23.4 Å². The zero-order valence-corrected chi connectivity index (χ0v) is 12.3. The molecule has 2 aliphatic rings. The largest absolute Gasteiger partial charge is 0.493 e. The molecular weight excluding hydrogens is 298 g/mol. The van der Waals surface area contributed by atoms with Gasteiger partial charge in [0.1, 0.15) is 5.75 Å². The van der Waals surface area contributed by atoms with E-state index in [0.29, 0.717) is 30.8 Å². The molecule has 1 atom stereocenters. The van der Waals surface area contributed by atoms with Gasteiger partial charge in [-0.05, 0) is 23.8 Å². The summed E-state index contributed by atoms with van der Waals surface area (Å²) in [5, 5.41) is 9.56. The number of aromatic nitrogens is 2. The quantitative estimate of drug-likeness (QED) is 0.867. The minimum Gasteiger partial charge on any atom is -0.493 e. The third kappa shape index (κ3) is 2.16. The Bertz CT molecular complexity index is 798. The van der Waals surface area contributed by atoms with Crippen LogP contribution in [-0.2, 0) is 17.6 Å². The maximum Gasteiger partial charge on any atom is 0.332 e. The highest BCUT2D eigenvalue weighted by molar-refractivity contribution is 5.97. The lowest BCUT2D eigenvalue weighted by molar-refractivity contribution is -0.143. The second-order valence-corrected chi connectivity index (χ2v) is 5.68. The maximum absolute atomic E-state index is 12.8. The van der Waals surface area contributed by atoms with Crippen LogP contribution in [0.25, 0.3) is 0 Å². The van der Waals surface area contributed by atoms with Crippen molar-refractivity contribution in [1.29, 1.82) is 0 Å². The number of imidazole rings is 1. The van der Waals surface area contributed by atoms with Gasteiger partial charge < -0.3 is 19.7 Å². The fraction of sp³-hybridized carbons (Fsp3) is 0.312. The monoisotopic (exact) mass is 313 g/mol. The first-order valence-corrected chi connectivity index (χ1v) is 7.47. The Kier molecular flexibility index (Phi) is 3.07. The lowest BCUT2D eigenvalue weighted by Crippen LogP contribution is -2.43. The van der Waals surface area contributed by atoms with Crippen molar-refractivity contribution in [3.05, 3.63) is 47.0 Å². The standard InChI is InChI=1S/C16H15N3O4/c20-15(10-1-2-12-9(7-10)4-6-23-12)19-5-3-11-13(18-8-17-11)14(19)16(21)22/h1-2,7-8,14H,3-6H2,(H,17,18)(H,21,22)/t14-/m1/s1. The Morgan fingerprint density at radius 3 is 3.04 bits per heavy atom. The zero-order chi connectivity index (χ0) is 16.0. The maximum atomic E-state index is 12.8. The minimum atomic E-state index is -1.07. The van der Waals surface area contributed by atoms with Crippen LogP contribution in [0, 0.1) is 0 Å². The van der Waals surface area contributed by atoms with E-state index in [9.17, 15) is 14.7 Å². The second kappa shape index (κ2) is 5.12. The number of H-pyrrole nitrogens is 1. The normalized spacial score (nSPS) is 19.0. The summed E-state index contributed by atoms with van der Waals surface area (Å²) in [6.07, 6.45) is 2.81. The first-order chi connectivity index (χ1) is 11.1. The van der Waals surface area contributed by atoms with E-state index in [1.54, 1.807) is 18.2 Å². The number of ether oxygens (including phenoxy) is 1. The molecule has 0 saturated carbocycles. The van der Waals surface area contributed by atoms with E-state index in [-0.39, 0.29) is 5.91 Å². The molecule has 0 radical (unpaired) electrons. The van der Waals surface area contributed by atoms with Crippen molar-refractivity contribution in [1.82, 2.24) is 14.9 Å². The predicted molar refractivity (Wildman–Crippen MR) is 79.3 cm³/mol. The number of nitrogens with one attached hydrogen (secondary N) is 1. The number of amides is 1. The number of hydrogen-bond acceptors (Lipinski definition) is 4. The van der Waals surface area contributed by atoms with Crippen LogP contribution < -0.4 is 4.74 Å². The lowest BCUT2D eigenvalue weighted by Gasteiger charge is -2.32. The van der Waals surface area contributed by atoms with Crippen LogP contribution >= 0.6 is 0 Å². The molecule has 1 aromatic carbocycles. The number of carboxylic acids is 1. The molecule has 2 N–H and O–H groups in total. The average molecular weight is 313 g/mol. The number of aromatic amines is 1. The number of carboxylic acid groups (broad SMARTS) is 1. The Balaban J connectivity index is 1.69. The molecule has 0 aliphatic carbocycles. The third-order valence-electron chi connectivity index (χ3n) is 4.36. The van der Waals surface area contributed by atoms with Gasteiger partial charge in [0.05, 0.1) is 18.6 Å². The molecule has 0 unspecified atom stereocenters. The molecule has 1 amide bonds. The van der Waals surface area contributed by atoms with Crippen LogP contribution in [0.2, 0.25) is 0 Å². The number of benzene rings is 1. The van der Waals surface area contributed by atoms with Gasteiger partial charge >= 0.3 is 5.97 Å². The van der Waals surface area contributed by atoms with Crippen molar-refractivity contribution in [2.45, 2.75) is 18.9 Å². The van der Waals surface area contributed by atoms with Gasteiger partial charge in [0.2, 0.25) is 0 Å². The summed E-state index contributed by atoms with van der Waals surface area (Å²) in [7, 11) is 0. The first-order valence-electron chi connectivity index (χ1n) is 7.47. The predicted octanol–water partition coefficient (Wildman–Crippen LogP) is 1.17. The van der Waals surface area contributed by atoms with Crippen molar-refractivity contribution in [2.24, 2.45) is 0 Å². The summed E-state index contributed by atoms with van der Waals surface area (Å²) in [6.45, 7) is 0.962.